The summed E-state index contributed by atoms with van der Waals surface area (Å²) in [4.78, 5) is 26.6. The number of carbonyl (C=O) groups excluding carboxylic acids is 2. The van der Waals surface area contributed by atoms with E-state index in [1.165, 1.54) is 6.08 Å². The van der Waals surface area contributed by atoms with Crippen LogP contribution in [0.2, 0.25) is 0 Å². The van der Waals surface area contributed by atoms with Crippen LogP contribution in [0.1, 0.15) is 35.7 Å². The minimum absolute atomic E-state index is 0.0391. The standard InChI is InChI=1S/C27H31N5O5/c1-4-22(33)31-11-8-16(9-12-31)18-7-10-29-27-24(26(28)34)25(30-32(18)27)17-14-20(35-2)23(21(15-17)36-3)19-6-5-13-37-19/h4-6,13-16,18,29H,1,7-12H2,2-3H3,(H2,28,34). The fourth-order valence-electron chi connectivity index (χ4n) is 5.52. The maximum atomic E-state index is 12.7. The quantitative estimate of drug-likeness (QED) is 0.469. The first-order valence-corrected chi connectivity index (χ1v) is 12.3. The summed E-state index contributed by atoms with van der Waals surface area (Å²) in [5.74, 6) is 1.97. The summed E-state index contributed by atoms with van der Waals surface area (Å²) in [5.41, 5.74) is 8.00. The van der Waals surface area contributed by atoms with E-state index in [0.29, 0.717) is 71.0 Å². The molecule has 1 saturated heterocycles. The maximum absolute atomic E-state index is 12.7. The number of rotatable bonds is 7. The van der Waals surface area contributed by atoms with Crippen LogP contribution >= 0.6 is 0 Å². The lowest BCUT2D eigenvalue weighted by molar-refractivity contribution is -0.127. The van der Waals surface area contributed by atoms with Crippen LogP contribution in [0.4, 0.5) is 5.82 Å². The fourth-order valence-corrected chi connectivity index (χ4v) is 5.52. The highest BCUT2D eigenvalue weighted by atomic mass is 16.5. The molecule has 3 N–H and O–H groups in total. The molecule has 0 bridgehead atoms. The summed E-state index contributed by atoms with van der Waals surface area (Å²) in [7, 11) is 3.14. The van der Waals surface area contributed by atoms with Crippen molar-refractivity contribution in [3.63, 3.8) is 0 Å². The molecule has 4 heterocycles. The molecular weight excluding hydrogens is 474 g/mol. The second kappa shape index (κ2) is 10.0. The van der Waals surface area contributed by atoms with Gasteiger partial charge in [-0.1, -0.05) is 6.58 Å². The fraction of sp³-hybridized carbons (Fsp3) is 0.370. The molecule has 0 aliphatic carbocycles. The van der Waals surface area contributed by atoms with Gasteiger partial charge in [0.2, 0.25) is 5.91 Å². The molecule has 3 aromatic rings. The van der Waals surface area contributed by atoms with Gasteiger partial charge < -0.3 is 29.8 Å². The molecule has 2 amide bonds. The number of amides is 2. The van der Waals surface area contributed by atoms with Crippen LogP contribution in [0.25, 0.3) is 22.6 Å². The van der Waals surface area contributed by atoms with Crippen molar-refractivity contribution in [2.75, 3.05) is 39.2 Å². The molecule has 37 heavy (non-hydrogen) atoms. The van der Waals surface area contributed by atoms with Crippen molar-refractivity contribution in [2.45, 2.75) is 25.3 Å². The lowest BCUT2D eigenvalue weighted by Gasteiger charge is -2.38. The molecule has 1 atom stereocenters. The number of nitrogens with one attached hydrogen (secondary N) is 1. The number of nitrogens with two attached hydrogens (primary N) is 1. The van der Waals surface area contributed by atoms with Crippen molar-refractivity contribution in [3.05, 3.63) is 48.7 Å². The highest BCUT2D eigenvalue weighted by Gasteiger charge is 2.36. The molecule has 194 valence electrons. The third-order valence-corrected chi connectivity index (χ3v) is 7.32. The van der Waals surface area contributed by atoms with Gasteiger partial charge in [-0.25, -0.2) is 4.68 Å². The summed E-state index contributed by atoms with van der Waals surface area (Å²) in [6.45, 7) is 5.65. The number of hydrogen-bond donors (Lipinski definition) is 2. The van der Waals surface area contributed by atoms with Gasteiger partial charge in [0.15, 0.2) is 0 Å². The van der Waals surface area contributed by atoms with Gasteiger partial charge in [0.1, 0.15) is 39.9 Å². The van der Waals surface area contributed by atoms with Crippen molar-refractivity contribution in [1.82, 2.24) is 14.7 Å². The van der Waals surface area contributed by atoms with E-state index in [9.17, 15) is 9.59 Å². The van der Waals surface area contributed by atoms with E-state index < -0.39 is 5.91 Å². The number of nitrogens with zero attached hydrogens (tertiary/aromatic N) is 3. The lowest BCUT2D eigenvalue weighted by atomic mass is 9.87. The molecule has 10 nitrogen and oxygen atoms in total. The summed E-state index contributed by atoms with van der Waals surface area (Å²) in [6.07, 6.45) is 5.51. The lowest BCUT2D eigenvalue weighted by Crippen LogP contribution is -2.41. The average molecular weight is 506 g/mol. The van der Waals surface area contributed by atoms with Crippen molar-refractivity contribution >= 4 is 17.6 Å². The molecule has 2 aliphatic rings. The first-order chi connectivity index (χ1) is 18.0. The molecule has 1 aromatic carbocycles. The van der Waals surface area contributed by atoms with E-state index in [1.54, 1.807) is 26.5 Å². The van der Waals surface area contributed by atoms with Gasteiger partial charge in [-0.2, -0.15) is 5.10 Å². The van der Waals surface area contributed by atoms with E-state index in [-0.39, 0.29) is 11.9 Å². The number of fused-ring (bicyclic) bond motifs is 1. The predicted octanol–water partition coefficient (Wildman–Crippen LogP) is 3.71. The van der Waals surface area contributed by atoms with Crippen molar-refractivity contribution < 1.29 is 23.5 Å². The van der Waals surface area contributed by atoms with Crippen LogP contribution in [-0.4, -0.2) is 60.3 Å². The van der Waals surface area contributed by atoms with Crippen LogP contribution in [-0.2, 0) is 4.79 Å². The number of furan rings is 1. The van der Waals surface area contributed by atoms with Gasteiger partial charge >= 0.3 is 0 Å². The van der Waals surface area contributed by atoms with E-state index >= 15 is 0 Å². The Balaban J connectivity index is 1.56. The number of hydrogen-bond acceptors (Lipinski definition) is 7. The Hall–Kier alpha value is -4.21. The Labute approximate surface area is 215 Å². The molecular formula is C27H31N5O5. The number of likely N-dealkylation sites (tertiary alicyclic amines) is 1. The molecule has 1 fully saturated rings. The van der Waals surface area contributed by atoms with Crippen molar-refractivity contribution in [3.8, 4) is 34.1 Å². The molecule has 2 aliphatic heterocycles. The summed E-state index contributed by atoms with van der Waals surface area (Å²) < 4.78 is 18.9. The van der Waals surface area contributed by atoms with Gasteiger partial charge in [0.05, 0.1) is 26.5 Å². The highest BCUT2D eigenvalue weighted by Crippen LogP contribution is 2.45. The SMILES string of the molecule is C=CC(=O)N1CCC(C2CCNc3c(C(N)=O)c(-c4cc(OC)c(-c5ccco5)c(OC)c4)nn32)CC1. The van der Waals surface area contributed by atoms with Crippen LogP contribution < -0.4 is 20.5 Å². The normalized spacial score (nSPS) is 17.6. The Morgan fingerprint density at radius 1 is 1.19 bits per heavy atom. The zero-order chi connectivity index (χ0) is 26.1. The van der Waals surface area contributed by atoms with Gasteiger partial charge in [0, 0.05) is 25.2 Å². The summed E-state index contributed by atoms with van der Waals surface area (Å²) in [5, 5.41) is 8.28. The average Bonchev–Trinajstić information content (AvgIpc) is 3.60. The van der Waals surface area contributed by atoms with Crippen LogP contribution in [0.5, 0.6) is 11.5 Å². The Morgan fingerprint density at radius 3 is 2.46 bits per heavy atom. The molecule has 0 radical (unpaired) electrons. The van der Waals surface area contributed by atoms with Crippen LogP contribution in [0.3, 0.4) is 0 Å². The van der Waals surface area contributed by atoms with Gasteiger partial charge in [0.25, 0.3) is 5.91 Å². The third kappa shape index (κ3) is 4.32. The number of methoxy groups -OCH3 is 2. The molecule has 10 heteroatoms. The zero-order valence-corrected chi connectivity index (χ0v) is 21.0. The number of anilines is 1. The summed E-state index contributed by atoms with van der Waals surface area (Å²) >= 11 is 0. The maximum Gasteiger partial charge on any atom is 0.254 e. The molecule has 0 saturated carbocycles. The van der Waals surface area contributed by atoms with Crippen molar-refractivity contribution in [1.29, 1.82) is 0 Å². The predicted molar refractivity (Wildman–Crippen MR) is 139 cm³/mol. The summed E-state index contributed by atoms with van der Waals surface area (Å²) in [6, 6.07) is 7.33. The van der Waals surface area contributed by atoms with Crippen LogP contribution in [0, 0.1) is 5.92 Å². The Morgan fingerprint density at radius 2 is 1.89 bits per heavy atom. The molecule has 0 spiro atoms. The van der Waals surface area contributed by atoms with Gasteiger partial charge in [-0.05, 0) is 55.5 Å². The first-order valence-electron chi connectivity index (χ1n) is 12.3. The molecule has 5 rings (SSSR count). The minimum Gasteiger partial charge on any atom is -0.496 e. The molecule has 1 unspecified atom stereocenters. The number of benzene rings is 1. The second-order valence-electron chi connectivity index (χ2n) is 9.26. The highest BCUT2D eigenvalue weighted by molar-refractivity contribution is 6.04. The topological polar surface area (TPSA) is 125 Å². The van der Waals surface area contributed by atoms with Crippen LogP contribution in [0.15, 0.2) is 47.6 Å². The van der Waals surface area contributed by atoms with E-state index in [0.717, 1.165) is 19.3 Å². The number of piperidine rings is 1. The largest absolute Gasteiger partial charge is 0.496 e. The van der Waals surface area contributed by atoms with Gasteiger partial charge in [-0.15, -0.1) is 0 Å². The van der Waals surface area contributed by atoms with E-state index in [4.69, 9.17) is 24.7 Å². The van der Waals surface area contributed by atoms with Gasteiger partial charge in [-0.3, -0.25) is 9.59 Å². The second-order valence-corrected chi connectivity index (χ2v) is 9.26. The smallest absolute Gasteiger partial charge is 0.254 e. The zero-order valence-electron chi connectivity index (χ0n) is 21.0. The van der Waals surface area contributed by atoms with E-state index in [2.05, 4.69) is 11.9 Å². The van der Waals surface area contributed by atoms with Crippen molar-refractivity contribution in [2.24, 2.45) is 11.7 Å². The number of primary amides is 1. The Bertz CT molecular complexity index is 1300. The molecule has 2 aromatic heterocycles. The Kier molecular flexibility index (Phi) is 6.64. The van der Waals surface area contributed by atoms with E-state index in [1.807, 2.05) is 27.8 Å². The number of aromatic nitrogens is 2. The third-order valence-electron chi connectivity index (χ3n) is 7.32. The number of carbonyl (C=O) groups is 2. The first kappa shape index (κ1) is 24.5. The minimum atomic E-state index is -0.566. The monoisotopic (exact) mass is 505 g/mol. The number of ether oxygens (including phenoxy) is 2.